The molecule has 5 heteroatoms. The highest BCUT2D eigenvalue weighted by atomic mass is 19.2. The molecule has 3 nitrogen and oxygen atoms in total. The van der Waals surface area contributed by atoms with Crippen molar-refractivity contribution in [2.75, 3.05) is 0 Å². The fourth-order valence-electron chi connectivity index (χ4n) is 4.20. The molecule has 2 aliphatic heterocycles. The van der Waals surface area contributed by atoms with E-state index in [-0.39, 0.29) is 24.8 Å². The molecule has 2 aromatic carbocycles. The first-order valence-electron chi connectivity index (χ1n) is 9.65. The summed E-state index contributed by atoms with van der Waals surface area (Å²) in [6.45, 7) is 1.81. The molecular weight excluding hydrogens is 360 g/mol. The molecule has 0 N–H and O–H groups in total. The quantitative estimate of drug-likeness (QED) is 0.669. The van der Waals surface area contributed by atoms with Gasteiger partial charge in [-0.3, -0.25) is 4.90 Å². The van der Waals surface area contributed by atoms with Crippen molar-refractivity contribution in [1.29, 1.82) is 0 Å². The van der Waals surface area contributed by atoms with E-state index < -0.39 is 11.6 Å². The van der Waals surface area contributed by atoms with Gasteiger partial charge in [0.2, 0.25) is 0 Å². The van der Waals surface area contributed by atoms with Crippen molar-refractivity contribution < 1.29 is 18.3 Å². The van der Waals surface area contributed by atoms with Crippen molar-refractivity contribution >= 4 is 6.09 Å². The normalized spacial score (nSPS) is 20.8. The van der Waals surface area contributed by atoms with Crippen LogP contribution in [0.5, 0.6) is 0 Å². The summed E-state index contributed by atoms with van der Waals surface area (Å²) in [5, 5.41) is 0. The minimum absolute atomic E-state index is 0.0321. The highest BCUT2D eigenvalue weighted by molar-refractivity contribution is 5.70. The lowest BCUT2D eigenvalue weighted by Gasteiger charge is -2.33. The summed E-state index contributed by atoms with van der Waals surface area (Å²) in [5.74, 6) is -1.54. The zero-order valence-corrected chi connectivity index (χ0v) is 15.8. The van der Waals surface area contributed by atoms with Crippen LogP contribution in [-0.2, 0) is 17.8 Å². The molecule has 1 amide bonds. The van der Waals surface area contributed by atoms with E-state index in [1.54, 1.807) is 24.0 Å². The number of carbonyl (C=O) groups is 1. The Hall–Kier alpha value is -2.69. The first-order valence-corrected chi connectivity index (χ1v) is 9.65. The maximum Gasteiger partial charge on any atom is 0.410 e. The Morgan fingerprint density at radius 1 is 1.11 bits per heavy atom. The van der Waals surface area contributed by atoms with Gasteiger partial charge in [-0.1, -0.05) is 54.1 Å². The smallest absolute Gasteiger partial charge is 0.410 e. The first-order chi connectivity index (χ1) is 13.5. The van der Waals surface area contributed by atoms with Crippen LogP contribution in [0.4, 0.5) is 13.6 Å². The summed E-state index contributed by atoms with van der Waals surface area (Å²) in [5.41, 5.74) is 2.69. The number of fused-ring (bicyclic) bond motifs is 2. The van der Waals surface area contributed by atoms with Crippen molar-refractivity contribution in [2.24, 2.45) is 0 Å². The highest BCUT2D eigenvalue weighted by Gasteiger charge is 2.40. The Labute approximate surface area is 163 Å². The predicted molar refractivity (Wildman–Crippen MR) is 103 cm³/mol. The third kappa shape index (κ3) is 3.66. The Bertz CT molecular complexity index is 910. The summed E-state index contributed by atoms with van der Waals surface area (Å²) in [6, 6.07) is 12.9. The van der Waals surface area contributed by atoms with E-state index in [1.165, 1.54) is 0 Å². The van der Waals surface area contributed by atoms with Crippen LogP contribution < -0.4 is 0 Å². The third-order valence-electron chi connectivity index (χ3n) is 5.66. The molecule has 0 radical (unpaired) electrons. The Balaban J connectivity index is 1.43. The van der Waals surface area contributed by atoms with E-state index in [9.17, 15) is 13.6 Å². The second kappa shape index (κ2) is 7.74. The van der Waals surface area contributed by atoms with Crippen molar-refractivity contribution in [2.45, 2.75) is 51.3 Å². The van der Waals surface area contributed by atoms with Gasteiger partial charge < -0.3 is 4.74 Å². The molecule has 2 unspecified atom stereocenters. The van der Waals surface area contributed by atoms with E-state index in [2.05, 4.69) is 0 Å². The number of nitrogens with zero attached hydrogens (tertiary/aromatic N) is 1. The molecule has 2 aliphatic rings. The SMILES string of the molecule is Cc1ccc(CC2=CC3CCC(C2)N3C(=O)OCc2ccccc2)c(F)c1F. The Kier molecular flexibility index (Phi) is 5.16. The molecule has 1 fully saturated rings. The Morgan fingerprint density at radius 3 is 2.64 bits per heavy atom. The fourth-order valence-corrected chi connectivity index (χ4v) is 4.20. The zero-order valence-electron chi connectivity index (χ0n) is 15.8. The van der Waals surface area contributed by atoms with Gasteiger partial charge in [0.15, 0.2) is 11.6 Å². The molecule has 146 valence electrons. The van der Waals surface area contributed by atoms with Crippen molar-refractivity contribution in [3.05, 3.63) is 82.4 Å². The van der Waals surface area contributed by atoms with Crippen LogP contribution in [0.1, 0.15) is 36.0 Å². The second-order valence-electron chi connectivity index (χ2n) is 7.62. The maximum atomic E-state index is 14.2. The fraction of sp³-hybridized carbons (Fsp3) is 0.348. The summed E-state index contributed by atoms with van der Waals surface area (Å²) in [7, 11) is 0. The van der Waals surface area contributed by atoms with Gasteiger partial charge in [-0.05, 0) is 49.3 Å². The molecule has 2 heterocycles. The number of carbonyl (C=O) groups excluding carboxylic acids is 1. The maximum absolute atomic E-state index is 14.2. The average molecular weight is 383 g/mol. The second-order valence-corrected chi connectivity index (χ2v) is 7.62. The summed E-state index contributed by atoms with van der Waals surface area (Å²) in [6.07, 6.45) is 4.55. The van der Waals surface area contributed by atoms with E-state index >= 15 is 0 Å². The van der Waals surface area contributed by atoms with Crippen molar-refractivity contribution in [3.8, 4) is 0 Å². The van der Waals surface area contributed by atoms with E-state index in [0.717, 1.165) is 24.0 Å². The largest absolute Gasteiger partial charge is 0.445 e. The Morgan fingerprint density at radius 2 is 1.89 bits per heavy atom. The summed E-state index contributed by atoms with van der Waals surface area (Å²) in [4.78, 5) is 14.4. The number of rotatable bonds is 4. The van der Waals surface area contributed by atoms with E-state index in [0.29, 0.717) is 24.0 Å². The lowest BCUT2D eigenvalue weighted by atomic mass is 9.94. The van der Waals surface area contributed by atoms with Crippen LogP contribution in [-0.4, -0.2) is 23.1 Å². The number of halogens is 2. The number of amides is 1. The molecule has 0 saturated carbocycles. The van der Waals surface area contributed by atoms with Crippen LogP contribution in [0.2, 0.25) is 0 Å². The lowest BCUT2D eigenvalue weighted by molar-refractivity contribution is 0.0815. The molecule has 2 aromatic rings. The van der Waals surface area contributed by atoms with Crippen LogP contribution in [0, 0.1) is 18.6 Å². The highest BCUT2D eigenvalue weighted by Crippen LogP contribution is 2.36. The number of aryl methyl sites for hydroxylation is 1. The molecule has 4 rings (SSSR count). The van der Waals surface area contributed by atoms with E-state index in [4.69, 9.17) is 4.74 Å². The molecule has 0 aromatic heterocycles. The number of hydrogen-bond donors (Lipinski definition) is 0. The average Bonchev–Trinajstić information content (AvgIpc) is 2.98. The first kappa shape index (κ1) is 18.7. The van der Waals surface area contributed by atoms with Gasteiger partial charge in [-0.2, -0.15) is 0 Å². The minimum atomic E-state index is -0.775. The summed E-state index contributed by atoms with van der Waals surface area (Å²) >= 11 is 0. The van der Waals surface area contributed by atoms with Crippen LogP contribution in [0.25, 0.3) is 0 Å². The molecule has 0 aliphatic carbocycles. The van der Waals surface area contributed by atoms with Crippen LogP contribution >= 0.6 is 0 Å². The van der Waals surface area contributed by atoms with Gasteiger partial charge in [0.05, 0.1) is 6.04 Å². The molecule has 0 spiro atoms. The summed E-state index contributed by atoms with van der Waals surface area (Å²) < 4.78 is 33.5. The number of benzene rings is 2. The lowest BCUT2D eigenvalue weighted by Crippen LogP contribution is -2.43. The van der Waals surface area contributed by atoms with Gasteiger partial charge in [-0.15, -0.1) is 0 Å². The van der Waals surface area contributed by atoms with E-state index in [1.807, 2.05) is 36.4 Å². The third-order valence-corrected chi connectivity index (χ3v) is 5.66. The molecular formula is C23H23F2NO2. The van der Waals surface area contributed by atoms with Gasteiger partial charge in [0, 0.05) is 6.04 Å². The van der Waals surface area contributed by atoms with Gasteiger partial charge in [-0.25, -0.2) is 13.6 Å². The van der Waals surface area contributed by atoms with Gasteiger partial charge in [0.1, 0.15) is 6.61 Å². The van der Waals surface area contributed by atoms with Crippen LogP contribution in [0.3, 0.4) is 0 Å². The standard InChI is InChI=1S/C23H23F2NO2/c1-15-7-8-18(22(25)21(15)24)11-17-12-19-9-10-20(13-17)26(19)23(27)28-14-16-5-3-2-4-6-16/h2-8,12,19-20H,9-11,13-14H2,1H3. The molecule has 2 bridgehead atoms. The molecule has 2 atom stereocenters. The minimum Gasteiger partial charge on any atom is -0.445 e. The van der Waals surface area contributed by atoms with Gasteiger partial charge in [0.25, 0.3) is 0 Å². The number of ether oxygens (including phenoxy) is 1. The van der Waals surface area contributed by atoms with Crippen LogP contribution in [0.15, 0.2) is 54.1 Å². The monoisotopic (exact) mass is 383 g/mol. The number of hydrogen-bond acceptors (Lipinski definition) is 2. The topological polar surface area (TPSA) is 29.5 Å². The van der Waals surface area contributed by atoms with Crippen molar-refractivity contribution in [1.82, 2.24) is 4.90 Å². The molecule has 28 heavy (non-hydrogen) atoms. The van der Waals surface area contributed by atoms with Gasteiger partial charge >= 0.3 is 6.09 Å². The zero-order chi connectivity index (χ0) is 19.7. The van der Waals surface area contributed by atoms with Crippen molar-refractivity contribution in [3.63, 3.8) is 0 Å². The molecule has 1 saturated heterocycles. The predicted octanol–water partition coefficient (Wildman–Crippen LogP) is 5.32.